The molecule has 1 aromatic rings. The van der Waals surface area contributed by atoms with Crippen LogP contribution >= 0.6 is 24.8 Å². The molecule has 0 bridgehead atoms. The molecule has 0 spiro atoms. The molecule has 4 nitrogen and oxygen atoms in total. The Bertz CT molecular complexity index is 559. The zero-order valence-corrected chi connectivity index (χ0v) is 16.8. The molecular formula is C19H31Cl2N3O. The smallest absolute Gasteiger partial charge is 0.221 e. The van der Waals surface area contributed by atoms with E-state index in [9.17, 15) is 4.79 Å². The van der Waals surface area contributed by atoms with E-state index in [-0.39, 0.29) is 36.3 Å². The third-order valence-corrected chi connectivity index (χ3v) is 5.30. The second-order valence-corrected chi connectivity index (χ2v) is 7.53. The van der Waals surface area contributed by atoms with Gasteiger partial charge in [-0.05, 0) is 50.8 Å². The topological polar surface area (TPSA) is 44.4 Å². The number of carbonyl (C=O) groups excluding carboxylic acids is 1. The van der Waals surface area contributed by atoms with Crippen LogP contribution in [0.15, 0.2) is 24.3 Å². The third-order valence-electron chi connectivity index (χ3n) is 5.30. The molecule has 3 rings (SSSR count). The lowest BCUT2D eigenvalue weighted by molar-refractivity contribution is -0.122. The van der Waals surface area contributed by atoms with E-state index in [0.29, 0.717) is 19.0 Å². The molecule has 0 saturated carbocycles. The fraction of sp³-hybridized carbons (Fsp3) is 0.632. The second kappa shape index (κ2) is 9.77. The van der Waals surface area contributed by atoms with Crippen LogP contribution in [0.5, 0.6) is 0 Å². The van der Waals surface area contributed by atoms with Gasteiger partial charge in [0.25, 0.3) is 0 Å². The van der Waals surface area contributed by atoms with Crippen LogP contribution in [0.3, 0.4) is 0 Å². The number of fused-ring (bicyclic) bond motifs is 1. The summed E-state index contributed by atoms with van der Waals surface area (Å²) in [5.41, 5.74) is 2.87. The maximum Gasteiger partial charge on any atom is 0.221 e. The number of halogens is 2. The number of carbonyl (C=O) groups is 1. The summed E-state index contributed by atoms with van der Waals surface area (Å²) in [7, 11) is 0. The average Bonchev–Trinajstić information content (AvgIpc) is 3.05. The molecule has 2 aliphatic rings. The number of hydrogen-bond acceptors (Lipinski definition) is 3. The Morgan fingerprint density at radius 1 is 1.28 bits per heavy atom. The predicted molar refractivity (Wildman–Crippen MR) is 108 cm³/mol. The maximum absolute atomic E-state index is 12.2. The highest BCUT2D eigenvalue weighted by Crippen LogP contribution is 2.25. The molecule has 1 unspecified atom stereocenters. The van der Waals surface area contributed by atoms with Gasteiger partial charge in [0.2, 0.25) is 5.91 Å². The number of amides is 1. The fourth-order valence-electron chi connectivity index (χ4n) is 3.67. The number of nitrogens with one attached hydrogen (secondary N) is 2. The van der Waals surface area contributed by atoms with Gasteiger partial charge in [-0.3, -0.25) is 9.69 Å². The highest BCUT2D eigenvalue weighted by molar-refractivity contribution is 5.85. The minimum absolute atomic E-state index is 0. The van der Waals surface area contributed by atoms with Crippen LogP contribution in [-0.2, 0) is 17.8 Å². The fourth-order valence-corrected chi connectivity index (χ4v) is 3.67. The van der Waals surface area contributed by atoms with Crippen molar-refractivity contribution in [2.75, 3.05) is 19.6 Å². The average molecular weight is 388 g/mol. The maximum atomic E-state index is 12.2. The Hall–Kier alpha value is -0.810. The molecule has 0 radical (unpaired) electrons. The first-order chi connectivity index (χ1) is 11.0. The molecule has 142 valence electrons. The molecule has 25 heavy (non-hydrogen) atoms. The van der Waals surface area contributed by atoms with Gasteiger partial charge in [-0.1, -0.05) is 24.3 Å². The summed E-state index contributed by atoms with van der Waals surface area (Å²) in [5.74, 6) is 0.176. The van der Waals surface area contributed by atoms with Crippen LogP contribution in [0, 0.1) is 0 Å². The number of hydrogen-bond donors (Lipinski definition) is 2. The van der Waals surface area contributed by atoms with Gasteiger partial charge in [0.05, 0.1) is 0 Å². The van der Waals surface area contributed by atoms with Crippen molar-refractivity contribution in [3.8, 4) is 0 Å². The van der Waals surface area contributed by atoms with Gasteiger partial charge < -0.3 is 10.6 Å². The quantitative estimate of drug-likeness (QED) is 0.815. The Morgan fingerprint density at radius 2 is 2.00 bits per heavy atom. The molecule has 0 aliphatic carbocycles. The van der Waals surface area contributed by atoms with E-state index in [1.54, 1.807) is 0 Å². The van der Waals surface area contributed by atoms with Gasteiger partial charge in [-0.2, -0.15) is 0 Å². The van der Waals surface area contributed by atoms with Gasteiger partial charge in [0.15, 0.2) is 0 Å². The molecule has 6 heteroatoms. The van der Waals surface area contributed by atoms with E-state index < -0.39 is 0 Å². The lowest BCUT2D eigenvalue weighted by atomic mass is 9.94. The molecule has 1 saturated heterocycles. The summed E-state index contributed by atoms with van der Waals surface area (Å²) >= 11 is 0. The first kappa shape index (κ1) is 22.2. The Labute approximate surface area is 163 Å². The number of benzene rings is 1. The Kier molecular flexibility index (Phi) is 8.69. The van der Waals surface area contributed by atoms with Crippen molar-refractivity contribution in [1.29, 1.82) is 0 Å². The van der Waals surface area contributed by atoms with Crippen molar-refractivity contribution in [2.45, 2.75) is 57.7 Å². The minimum atomic E-state index is -0.0215. The molecule has 2 aliphatic heterocycles. The highest BCUT2D eigenvalue weighted by atomic mass is 35.5. The van der Waals surface area contributed by atoms with Gasteiger partial charge in [0, 0.05) is 37.6 Å². The first-order valence-electron chi connectivity index (χ1n) is 8.86. The van der Waals surface area contributed by atoms with E-state index >= 15 is 0 Å². The first-order valence-corrected chi connectivity index (χ1v) is 8.86. The monoisotopic (exact) mass is 387 g/mol. The van der Waals surface area contributed by atoms with Crippen LogP contribution in [0.2, 0.25) is 0 Å². The van der Waals surface area contributed by atoms with Crippen LogP contribution in [0.4, 0.5) is 0 Å². The van der Waals surface area contributed by atoms with E-state index in [1.165, 1.54) is 17.5 Å². The molecule has 1 atom stereocenters. The summed E-state index contributed by atoms with van der Waals surface area (Å²) in [5, 5.41) is 6.54. The molecule has 1 aromatic carbocycles. The standard InChI is InChI=1S/C19H29N3O.2ClH/c1-19(2,14-21-18(23)12-17-8-5-10-20-17)22-11-9-15-6-3-4-7-16(15)13-22;;/h3-4,6-7,17,20H,5,8-14H2,1-2H3,(H,21,23);2*1H. The van der Waals surface area contributed by atoms with E-state index in [1.807, 2.05) is 0 Å². The van der Waals surface area contributed by atoms with Gasteiger partial charge in [-0.25, -0.2) is 0 Å². The lowest BCUT2D eigenvalue weighted by Gasteiger charge is -2.41. The molecule has 1 amide bonds. The van der Waals surface area contributed by atoms with E-state index in [0.717, 1.165) is 32.5 Å². The predicted octanol–water partition coefficient (Wildman–Crippen LogP) is 2.93. The molecular weight excluding hydrogens is 357 g/mol. The van der Waals surface area contributed by atoms with Crippen molar-refractivity contribution in [1.82, 2.24) is 15.5 Å². The van der Waals surface area contributed by atoms with Crippen LogP contribution in [0.25, 0.3) is 0 Å². The summed E-state index contributed by atoms with van der Waals surface area (Å²) in [6.07, 6.45) is 4.02. The van der Waals surface area contributed by atoms with Gasteiger partial charge in [-0.15, -0.1) is 24.8 Å². The highest BCUT2D eigenvalue weighted by Gasteiger charge is 2.30. The van der Waals surface area contributed by atoms with Gasteiger partial charge in [0.1, 0.15) is 0 Å². The second-order valence-electron chi connectivity index (χ2n) is 7.53. The molecule has 1 fully saturated rings. The summed E-state index contributed by atoms with van der Waals surface area (Å²) in [6, 6.07) is 9.07. The molecule has 0 aromatic heterocycles. The van der Waals surface area contributed by atoms with E-state index in [4.69, 9.17) is 0 Å². The van der Waals surface area contributed by atoms with Crippen LogP contribution < -0.4 is 10.6 Å². The zero-order valence-electron chi connectivity index (χ0n) is 15.2. The van der Waals surface area contributed by atoms with Crippen molar-refractivity contribution < 1.29 is 4.79 Å². The van der Waals surface area contributed by atoms with Crippen molar-refractivity contribution in [3.05, 3.63) is 35.4 Å². The lowest BCUT2D eigenvalue weighted by Crippen LogP contribution is -2.53. The summed E-state index contributed by atoms with van der Waals surface area (Å²) < 4.78 is 0. The summed E-state index contributed by atoms with van der Waals surface area (Å²) in [6.45, 7) is 8.26. The number of rotatable bonds is 5. The van der Waals surface area contributed by atoms with Gasteiger partial charge >= 0.3 is 0 Å². The van der Waals surface area contributed by atoms with Crippen molar-refractivity contribution in [2.24, 2.45) is 0 Å². The number of nitrogens with zero attached hydrogens (tertiary/aromatic N) is 1. The van der Waals surface area contributed by atoms with Crippen LogP contribution in [-0.4, -0.2) is 42.0 Å². The third kappa shape index (κ3) is 5.85. The van der Waals surface area contributed by atoms with E-state index in [2.05, 4.69) is 53.6 Å². The molecule has 2 N–H and O–H groups in total. The Balaban J connectivity index is 0.00000156. The van der Waals surface area contributed by atoms with Crippen molar-refractivity contribution in [3.63, 3.8) is 0 Å². The minimum Gasteiger partial charge on any atom is -0.354 e. The Morgan fingerprint density at radius 3 is 2.68 bits per heavy atom. The molecule has 2 heterocycles. The zero-order chi connectivity index (χ0) is 16.3. The normalized spacial score (nSPS) is 20.2. The largest absolute Gasteiger partial charge is 0.354 e. The van der Waals surface area contributed by atoms with Crippen LogP contribution in [0.1, 0.15) is 44.2 Å². The van der Waals surface area contributed by atoms with Crippen molar-refractivity contribution >= 4 is 30.7 Å². The SMILES string of the molecule is CC(C)(CNC(=O)CC1CCCN1)N1CCc2ccccc2C1.Cl.Cl. The summed E-state index contributed by atoms with van der Waals surface area (Å²) in [4.78, 5) is 14.6.